The van der Waals surface area contributed by atoms with Crippen LogP contribution in [0.5, 0.6) is 5.75 Å². The summed E-state index contributed by atoms with van der Waals surface area (Å²) in [4.78, 5) is 33.9. The highest BCUT2D eigenvalue weighted by atomic mass is 16.7. The second kappa shape index (κ2) is 12.5. The molecule has 1 aliphatic heterocycles. The van der Waals surface area contributed by atoms with Crippen molar-refractivity contribution in [1.82, 2.24) is 20.6 Å². The maximum Gasteiger partial charge on any atom is 0.481 e. The van der Waals surface area contributed by atoms with E-state index >= 15 is 0 Å². The topological polar surface area (TPSA) is 121 Å². The number of ether oxygens (including phenoxy) is 2. The molecule has 0 aliphatic carbocycles. The van der Waals surface area contributed by atoms with Crippen LogP contribution in [0.2, 0.25) is 0 Å². The van der Waals surface area contributed by atoms with Crippen molar-refractivity contribution >= 4 is 18.9 Å². The third-order valence-electron chi connectivity index (χ3n) is 6.79. The lowest BCUT2D eigenvalue weighted by molar-refractivity contribution is -0.124. The van der Waals surface area contributed by atoms with Crippen LogP contribution in [-0.2, 0) is 25.3 Å². The number of carbonyl (C=O) groups excluding carboxylic acids is 2. The first-order valence-electron chi connectivity index (χ1n) is 12.4. The Bertz CT molecular complexity index is 1040. The molecule has 1 aliphatic rings. The maximum atomic E-state index is 13.3. The molecule has 0 unspecified atom stereocenters. The second-order valence-electron chi connectivity index (χ2n) is 10.1. The summed E-state index contributed by atoms with van der Waals surface area (Å²) < 4.78 is 23.1. The van der Waals surface area contributed by atoms with Crippen LogP contribution in [-0.4, -0.2) is 72.9 Å². The average molecular weight is 512 g/mol. The summed E-state index contributed by atoms with van der Waals surface area (Å²) in [6.07, 6.45) is 6.37. The van der Waals surface area contributed by atoms with Crippen LogP contribution < -0.4 is 15.4 Å². The highest BCUT2D eigenvalue weighted by Gasteiger charge is 2.54. The summed E-state index contributed by atoms with van der Waals surface area (Å²) in [5, 5.41) is 5.72. The second-order valence-corrected chi connectivity index (χ2v) is 10.1. The number of aryl methyl sites for hydroxylation is 1. The van der Waals surface area contributed by atoms with E-state index in [0.717, 1.165) is 24.2 Å². The fourth-order valence-corrected chi connectivity index (χ4v) is 3.96. The molecular formula is C26H37BN4O6. The summed E-state index contributed by atoms with van der Waals surface area (Å²) in [5.41, 5.74) is 0.128. The van der Waals surface area contributed by atoms with Gasteiger partial charge < -0.3 is 29.4 Å². The predicted molar refractivity (Wildman–Crippen MR) is 139 cm³/mol. The van der Waals surface area contributed by atoms with Crippen molar-refractivity contribution in [3.05, 3.63) is 54.1 Å². The Kier molecular flexibility index (Phi) is 9.64. The summed E-state index contributed by atoms with van der Waals surface area (Å²) in [5.74, 6) is -0.572. The normalized spacial score (nSPS) is 17.6. The molecular weight excluding hydrogens is 475 g/mol. The van der Waals surface area contributed by atoms with Gasteiger partial charge in [-0.15, -0.1) is 0 Å². The highest BCUT2D eigenvalue weighted by molar-refractivity contribution is 6.48. The van der Waals surface area contributed by atoms with Crippen molar-refractivity contribution in [3.8, 4) is 5.75 Å². The van der Waals surface area contributed by atoms with E-state index in [1.165, 1.54) is 25.7 Å². The predicted octanol–water partition coefficient (Wildman–Crippen LogP) is 2.37. The fraction of sp³-hybridized carbons (Fsp3) is 0.538. The molecule has 2 heterocycles. The van der Waals surface area contributed by atoms with Crippen molar-refractivity contribution in [2.75, 3.05) is 20.8 Å². The van der Waals surface area contributed by atoms with Crippen molar-refractivity contribution in [2.45, 2.75) is 70.1 Å². The number of nitrogens with one attached hydrogen (secondary N) is 2. The van der Waals surface area contributed by atoms with Crippen LogP contribution in [0.1, 0.15) is 56.6 Å². The standard InChI is InChI=1S/C26H37BN4O6/c1-25(2)26(3,4)37-27(36-25)22(12-8-10-18-9-7-11-19(15-18)35-6)31-24(33)21(17-34-5)30-23(32)20-16-28-13-14-29-20/h7,9,11,13-16,21-22H,8,10,12,17H2,1-6H3,(H,30,32)(H,31,33)/t21-,22+/m1/s1. The molecule has 0 spiro atoms. The van der Waals surface area contributed by atoms with Crippen LogP contribution in [0.3, 0.4) is 0 Å². The van der Waals surface area contributed by atoms with Gasteiger partial charge in [0.2, 0.25) is 5.91 Å². The molecule has 0 radical (unpaired) electrons. The van der Waals surface area contributed by atoms with Gasteiger partial charge in [-0.2, -0.15) is 0 Å². The largest absolute Gasteiger partial charge is 0.497 e. The van der Waals surface area contributed by atoms with Gasteiger partial charge >= 0.3 is 7.12 Å². The molecule has 2 aromatic rings. The zero-order chi connectivity index (χ0) is 27.1. The Labute approximate surface area is 219 Å². The van der Waals surface area contributed by atoms with Gasteiger partial charge in [-0.05, 0) is 64.7 Å². The molecule has 0 bridgehead atoms. The van der Waals surface area contributed by atoms with E-state index in [1.54, 1.807) is 7.11 Å². The summed E-state index contributed by atoms with van der Waals surface area (Å²) >= 11 is 0. The van der Waals surface area contributed by atoms with Crippen LogP contribution >= 0.6 is 0 Å². The zero-order valence-corrected chi connectivity index (χ0v) is 22.4. The van der Waals surface area contributed by atoms with E-state index < -0.39 is 42.1 Å². The van der Waals surface area contributed by atoms with Crippen LogP contribution in [0.15, 0.2) is 42.9 Å². The lowest BCUT2D eigenvalue weighted by atomic mass is 9.75. The number of carbonyl (C=O) groups is 2. The summed E-state index contributed by atoms with van der Waals surface area (Å²) in [6, 6.07) is 6.96. The minimum atomic E-state index is -0.942. The number of hydrogen-bond donors (Lipinski definition) is 2. The molecule has 1 aromatic heterocycles. The van der Waals surface area contributed by atoms with Crippen molar-refractivity contribution in [1.29, 1.82) is 0 Å². The van der Waals surface area contributed by atoms with Crippen molar-refractivity contribution < 1.29 is 28.4 Å². The highest BCUT2D eigenvalue weighted by Crippen LogP contribution is 2.38. The summed E-state index contributed by atoms with van der Waals surface area (Å²) in [7, 11) is 2.45. The number of hydrogen-bond acceptors (Lipinski definition) is 8. The number of methoxy groups -OCH3 is 2. The van der Waals surface area contributed by atoms with Crippen molar-refractivity contribution in [3.63, 3.8) is 0 Å². The smallest absolute Gasteiger partial charge is 0.481 e. The number of rotatable bonds is 12. The lowest BCUT2D eigenvalue weighted by Gasteiger charge is -2.32. The molecule has 11 heteroatoms. The van der Waals surface area contributed by atoms with Gasteiger partial charge in [-0.1, -0.05) is 12.1 Å². The van der Waals surface area contributed by atoms with E-state index in [1.807, 2.05) is 52.0 Å². The monoisotopic (exact) mass is 512 g/mol. The SMILES string of the molecule is COC[C@@H](NC(=O)c1cnccn1)C(=O)N[C@@H](CCCc1cccc(OC)c1)B1OC(C)(C)C(C)(C)O1. The Hall–Kier alpha value is -3.02. The van der Waals surface area contributed by atoms with Crippen molar-refractivity contribution in [2.24, 2.45) is 0 Å². The third-order valence-corrected chi connectivity index (χ3v) is 6.79. The minimum absolute atomic E-state index is 0.0161. The minimum Gasteiger partial charge on any atom is -0.497 e. The Morgan fingerprint density at radius 1 is 1.08 bits per heavy atom. The molecule has 1 aromatic carbocycles. The van der Waals surface area contributed by atoms with Crippen LogP contribution in [0.25, 0.3) is 0 Å². The van der Waals surface area contributed by atoms with Gasteiger partial charge in [0.05, 0.1) is 37.1 Å². The Morgan fingerprint density at radius 3 is 2.43 bits per heavy atom. The molecule has 10 nitrogen and oxygen atoms in total. The van der Waals surface area contributed by atoms with E-state index in [9.17, 15) is 9.59 Å². The lowest BCUT2D eigenvalue weighted by Crippen LogP contribution is -2.56. The van der Waals surface area contributed by atoms with E-state index in [0.29, 0.717) is 6.42 Å². The van der Waals surface area contributed by atoms with Crippen LogP contribution in [0.4, 0.5) is 0 Å². The maximum absolute atomic E-state index is 13.3. The first kappa shape index (κ1) is 28.6. The molecule has 3 rings (SSSR count). The third kappa shape index (κ3) is 7.50. The molecule has 2 amide bonds. The quantitative estimate of drug-likeness (QED) is 0.416. The molecule has 37 heavy (non-hydrogen) atoms. The van der Waals surface area contributed by atoms with Gasteiger partial charge in [0.25, 0.3) is 5.91 Å². The zero-order valence-electron chi connectivity index (χ0n) is 22.4. The van der Waals surface area contributed by atoms with E-state index in [-0.39, 0.29) is 12.3 Å². The molecule has 2 atom stereocenters. The number of nitrogens with zero attached hydrogens (tertiary/aromatic N) is 2. The molecule has 0 saturated carbocycles. The molecule has 200 valence electrons. The number of aromatic nitrogens is 2. The average Bonchev–Trinajstić information content (AvgIpc) is 3.10. The Balaban J connectivity index is 1.72. The Morgan fingerprint density at radius 2 is 1.81 bits per heavy atom. The van der Waals surface area contributed by atoms with Gasteiger partial charge in [0.1, 0.15) is 17.5 Å². The van der Waals surface area contributed by atoms with Crippen LogP contribution in [0, 0.1) is 0 Å². The van der Waals surface area contributed by atoms with Gasteiger partial charge in [-0.25, -0.2) is 4.98 Å². The summed E-state index contributed by atoms with van der Waals surface area (Å²) in [6.45, 7) is 7.86. The first-order valence-corrected chi connectivity index (χ1v) is 12.4. The number of amides is 2. The van der Waals surface area contributed by atoms with Gasteiger partial charge in [0.15, 0.2) is 0 Å². The molecule has 2 N–H and O–H groups in total. The van der Waals surface area contributed by atoms with E-state index in [2.05, 4.69) is 20.6 Å². The molecule has 1 saturated heterocycles. The fourth-order valence-electron chi connectivity index (χ4n) is 3.96. The van der Waals surface area contributed by atoms with Gasteiger partial charge in [-0.3, -0.25) is 14.6 Å². The van der Waals surface area contributed by atoms with Gasteiger partial charge in [0, 0.05) is 19.5 Å². The number of benzene rings is 1. The first-order chi connectivity index (χ1) is 17.6. The molecule has 1 fully saturated rings. The van der Waals surface area contributed by atoms with E-state index in [4.69, 9.17) is 18.8 Å².